The van der Waals surface area contributed by atoms with Crippen molar-refractivity contribution >= 4 is 8.03 Å². The van der Waals surface area contributed by atoms with Gasteiger partial charge in [0.25, 0.3) is 0 Å². The van der Waals surface area contributed by atoms with Gasteiger partial charge in [0.1, 0.15) is 0 Å². The third-order valence-corrected chi connectivity index (χ3v) is 3.56. The molecule has 1 aromatic rings. The molecule has 0 aliphatic rings. The van der Waals surface area contributed by atoms with E-state index in [0.717, 1.165) is 24.8 Å². The standard InChI is InChI=1S/C11H17O2P/c1-2-3-9-11(14(12)13)10-7-5-4-6-8-10/h4-8,11,14H,2-3,9H2,1H3,(H,12,13). The Labute approximate surface area is 85.8 Å². The molecule has 2 unspecified atom stereocenters. The van der Waals surface area contributed by atoms with Crippen LogP contribution in [0.4, 0.5) is 0 Å². The molecule has 2 nitrogen and oxygen atoms in total. The lowest BCUT2D eigenvalue weighted by molar-refractivity contribution is 0.483. The Balaban J connectivity index is 2.73. The maximum Gasteiger partial charge on any atom is 0.196 e. The van der Waals surface area contributed by atoms with E-state index in [1.54, 1.807) is 0 Å². The monoisotopic (exact) mass is 212 g/mol. The van der Waals surface area contributed by atoms with Crippen LogP contribution in [-0.4, -0.2) is 4.89 Å². The Morgan fingerprint density at radius 2 is 2.00 bits per heavy atom. The van der Waals surface area contributed by atoms with Gasteiger partial charge in [0.15, 0.2) is 8.03 Å². The van der Waals surface area contributed by atoms with Gasteiger partial charge in [0.05, 0.1) is 5.66 Å². The van der Waals surface area contributed by atoms with E-state index < -0.39 is 8.03 Å². The molecule has 1 N–H and O–H groups in total. The topological polar surface area (TPSA) is 37.3 Å². The van der Waals surface area contributed by atoms with Crippen LogP contribution in [0.1, 0.15) is 37.4 Å². The van der Waals surface area contributed by atoms with Crippen molar-refractivity contribution < 1.29 is 9.46 Å². The molecular weight excluding hydrogens is 195 g/mol. The summed E-state index contributed by atoms with van der Waals surface area (Å²) in [7, 11) is -2.45. The molecular formula is C11H17O2P. The van der Waals surface area contributed by atoms with Gasteiger partial charge in [0.2, 0.25) is 0 Å². The van der Waals surface area contributed by atoms with Gasteiger partial charge in [-0.1, -0.05) is 50.1 Å². The lowest BCUT2D eigenvalue weighted by Crippen LogP contribution is -1.93. The fourth-order valence-electron chi connectivity index (χ4n) is 1.53. The summed E-state index contributed by atoms with van der Waals surface area (Å²) < 4.78 is 11.2. The van der Waals surface area contributed by atoms with E-state index in [9.17, 15) is 9.46 Å². The van der Waals surface area contributed by atoms with Gasteiger partial charge in [-0.2, -0.15) is 0 Å². The average Bonchev–Trinajstić information content (AvgIpc) is 2.19. The molecule has 0 heterocycles. The summed E-state index contributed by atoms with van der Waals surface area (Å²) in [6.45, 7) is 2.09. The van der Waals surface area contributed by atoms with Crippen LogP contribution in [0.2, 0.25) is 0 Å². The highest BCUT2D eigenvalue weighted by Gasteiger charge is 2.15. The van der Waals surface area contributed by atoms with Crippen molar-refractivity contribution in [2.75, 3.05) is 0 Å². The number of unbranched alkanes of at least 4 members (excludes halogenated alkanes) is 1. The minimum Gasteiger partial charge on any atom is -0.346 e. The summed E-state index contributed by atoms with van der Waals surface area (Å²) in [5, 5.41) is 0. The van der Waals surface area contributed by atoms with Crippen LogP contribution in [0.25, 0.3) is 0 Å². The average molecular weight is 212 g/mol. The second-order valence-electron chi connectivity index (χ2n) is 3.44. The zero-order valence-corrected chi connectivity index (χ0v) is 9.44. The van der Waals surface area contributed by atoms with Crippen molar-refractivity contribution in [1.29, 1.82) is 0 Å². The molecule has 78 valence electrons. The Bertz CT molecular complexity index is 285. The van der Waals surface area contributed by atoms with Crippen LogP contribution in [0.15, 0.2) is 30.3 Å². The zero-order valence-electron chi connectivity index (χ0n) is 8.44. The SMILES string of the molecule is CCCCC(c1ccccc1)[PH](=O)O. The molecule has 0 saturated carbocycles. The highest BCUT2D eigenvalue weighted by molar-refractivity contribution is 7.38. The Morgan fingerprint density at radius 3 is 2.50 bits per heavy atom. The summed E-state index contributed by atoms with van der Waals surface area (Å²) >= 11 is 0. The minimum atomic E-state index is -2.45. The van der Waals surface area contributed by atoms with Gasteiger partial charge >= 0.3 is 0 Å². The quantitative estimate of drug-likeness (QED) is 0.759. The Kier molecular flexibility index (Phi) is 4.92. The van der Waals surface area contributed by atoms with Crippen molar-refractivity contribution in [3.63, 3.8) is 0 Å². The normalized spacial score (nSPS) is 15.0. The van der Waals surface area contributed by atoms with Crippen LogP contribution in [0, 0.1) is 0 Å². The van der Waals surface area contributed by atoms with E-state index in [2.05, 4.69) is 6.92 Å². The molecule has 0 aliphatic carbocycles. The molecule has 0 radical (unpaired) electrons. The van der Waals surface area contributed by atoms with Crippen LogP contribution >= 0.6 is 8.03 Å². The highest BCUT2D eigenvalue weighted by Crippen LogP contribution is 2.41. The van der Waals surface area contributed by atoms with Gasteiger partial charge < -0.3 is 4.89 Å². The number of benzene rings is 1. The van der Waals surface area contributed by atoms with Gasteiger partial charge in [0, 0.05) is 0 Å². The lowest BCUT2D eigenvalue weighted by atomic mass is 10.1. The first-order chi connectivity index (χ1) is 6.75. The van der Waals surface area contributed by atoms with Gasteiger partial charge in [-0.05, 0) is 12.0 Å². The first-order valence-electron chi connectivity index (χ1n) is 5.03. The fraction of sp³-hybridized carbons (Fsp3) is 0.455. The predicted molar refractivity (Wildman–Crippen MR) is 59.9 cm³/mol. The molecule has 0 fully saturated rings. The third-order valence-electron chi connectivity index (χ3n) is 2.35. The van der Waals surface area contributed by atoms with Crippen molar-refractivity contribution in [3.05, 3.63) is 35.9 Å². The molecule has 1 rings (SSSR count). The van der Waals surface area contributed by atoms with Crippen molar-refractivity contribution in [1.82, 2.24) is 0 Å². The molecule has 0 aromatic heterocycles. The Hall–Kier alpha value is -0.590. The van der Waals surface area contributed by atoms with Crippen LogP contribution in [-0.2, 0) is 4.57 Å². The second-order valence-corrected chi connectivity index (χ2v) is 4.82. The largest absolute Gasteiger partial charge is 0.346 e. The predicted octanol–water partition coefficient (Wildman–Crippen LogP) is 3.38. The van der Waals surface area contributed by atoms with Crippen LogP contribution < -0.4 is 0 Å². The molecule has 0 spiro atoms. The van der Waals surface area contributed by atoms with Crippen LogP contribution in [0.5, 0.6) is 0 Å². The maximum absolute atomic E-state index is 11.2. The summed E-state index contributed by atoms with van der Waals surface area (Å²) in [5.41, 5.74) is 0.841. The summed E-state index contributed by atoms with van der Waals surface area (Å²) in [6.07, 6.45) is 2.89. The summed E-state index contributed by atoms with van der Waals surface area (Å²) in [6, 6.07) is 9.62. The zero-order chi connectivity index (χ0) is 10.4. The summed E-state index contributed by atoms with van der Waals surface area (Å²) in [5.74, 6) is 0. The van der Waals surface area contributed by atoms with Gasteiger partial charge in [-0.3, -0.25) is 4.57 Å². The number of hydrogen-bond donors (Lipinski definition) is 1. The van der Waals surface area contributed by atoms with E-state index >= 15 is 0 Å². The Morgan fingerprint density at radius 1 is 1.36 bits per heavy atom. The number of hydrogen-bond acceptors (Lipinski definition) is 1. The fourth-order valence-corrected chi connectivity index (χ4v) is 2.45. The van der Waals surface area contributed by atoms with E-state index in [1.807, 2.05) is 30.3 Å². The number of rotatable bonds is 5. The smallest absolute Gasteiger partial charge is 0.196 e. The molecule has 0 aliphatic heterocycles. The van der Waals surface area contributed by atoms with E-state index in [0.29, 0.717) is 0 Å². The highest BCUT2D eigenvalue weighted by atomic mass is 31.1. The molecule has 0 bridgehead atoms. The minimum absolute atomic E-state index is 0.152. The third kappa shape index (κ3) is 3.28. The molecule has 14 heavy (non-hydrogen) atoms. The molecule has 0 amide bonds. The molecule has 3 heteroatoms. The lowest BCUT2D eigenvalue weighted by Gasteiger charge is -2.13. The molecule has 0 saturated heterocycles. The first kappa shape index (κ1) is 11.5. The van der Waals surface area contributed by atoms with Crippen molar-refractivity contribution in [3.8, 4) is 0 Å². The van der Waals surface area contributed by atoms with E-state index in [4.69, 9.17) is 0 Å². The van der Waals surface area contributed by atoms with Gasteiger partial charge in [-0.15, -0.1) is 0 Å². The first-order valence-corrected chi connectivity index (χ1v) is 6.46. The van der Waals surface area contributed by atoms with E-state index in [-0.39, 0.29) is 5.66 Å². The van der Waals surface area contributed by atoms with Crippen molar-refractivity contribution in [2.24, 2.45) is 0 Å². The second kappa shape index (κ2) is 6.00. The molecule has 1 aromatic carbocycles. The van der Waals surface area contributed by atoms with Crippen molar-refractivity contribution in [2.45, 2.75) is 31.8 Å². The van der Waals surface area contributed by atoms with Gasteiger partial charge in [-0.25, -0.2) is 0 Å². The van der Waals surface area contributed by atoms with E-state index in [1.165, 1.54) is 0 Å². The van der Waals surface area contributed by atoms with Crippen LogP contribution in [0.3, 0.4) is 0 Å². The molecule has 2 atom stereocenters. The maximum atomic E-state index is 11.2. The summed E-state index contributed by atoms with van der Waals surface area (Å²) in [4.78, 5) is 9.24.